The van der Waals surface area contributed by atoms with Gasteiger partial charge in [0.15, 0.2) is 0 Å². The Hall–Kier alpha value is -1.34. The first kappa shape index (κ1) is 19.7. The van der Waals surface area contributed by atoms with Crippen LogP contribution in [0.25, 0.3) is 0 Å². The van der Waals surface area contributed by atoms with Gasteiger partial charge in [-0.3, -0.25) is 0 Å². The Morgan fingerprint density at radius 3 is 2.43 bits per heavy atom. The van der Waals surface area contributed by atoms with E-state index in [9.17, 15) is 9.59 Å². The van der Waals surface area contributed by atoms with E-state index in [-0.39, 0.29) is 6.04 Å². The van der Waals surface area contributed by atoms with E-state index in [0.29, 0.717) is 26.2 Å². The number of nitrogens with one attached hydrogen (secondary N) is 1. The van der Waals surface area contributed by atoms with E-state index in [1.165, 1.54) is 4.90 Å². The van der Waals surface area contributed by atoms with Crippen LogP contribution in [-0.2, 0) is 14.3 Å². The number of carbonyl (C=O) groups excluding carboxylic acids is 1. The van der Waals surface area contributed by atoms with Gasteiger partial charge < -0.3 is 24.8 Å². The average Bonchev–Trinajstić information content (AvgIpc) is 2.43. The highest BCUT2D eigenvalue weighted by molar-refractivity contribution is 5.82. The van der Waals surface area contributed by atoms with Crippen LogP contribution in [0.4, 0.5) is 4.79 Å². The van der Waals surface area contributed by atoms with E-state index in [0.717, 1.165) is 12.8 Å². The minimum absolute atomic E-state index is 0.161. The Balaban J connectivity index is 4.70. The summed E-state index contributed by atoms with van der Waals surface area (Å²) in [6.07, 6.45) is 2.06. The molecule has 0 spiro atoms. The Morgan fingerprint density at radius 1 is 1.29 bits per heavy atom. The normalized spacial score (nSPS) is 13.5. The maximum Gasteiger partial charge on any atom is 0.326 e. The summed E-state index contributed by atoms with van der Waals surface area (Å²) in [5.41, 5.74) is 0. The number of amides is 2. The predicted octanol–water partition coefficient (Wildman–Crippen LogP) is 1.32. The quantitative estimate of drug-likeness (QED) is 0.601. The van der Waals surface area contributed by atoms with Gasteiger partial charge in [-0.2, -0.15) is 0 Å². The lowest BCUT2D eigenvalue weighted by molar-refractivity contribution is -0.139. The van der Waals surface area contributed by atoms with Crippen molar-refractivity contribution in [2.24, 2.45) is 0 Å². The molecule has 0 heterocycles. The van der Waals surface area contributed by atoms with Crippen LogP contribution in [0.5, 0.6) is 0 Å². The van der Waals surface area contributed by atoms with Gasteiger partial charge in [-0.25, -0.2) is 9.59 Å². The zero-order chi connectivity index (χ0) is 16.3. The smallest absolute Gasteiger partial charge is 0.326 e. The summed E-state index contributed by atoms with van der Waals surface area (Å²) in [4.78, 5) is 25.0. The maximum atomic E-state index is 12.3. The van der Waals surface area contributed by atoms with Crippen LogP contribution in [0.3, 0.4) is 0 Å². The molecule has 2 amide bonds. The Bertz CT molecular complexity index is 312. The highest BCUT2D eigenvalue weighted by Gasteiger charge is 2.25. The largest absolute Gasteiger partial charge is 0.480 e. The van der Waals surface area contributed by atoms with E-state index >= 15 is 0 Å². The fourth-order valence-electron chi connectivity index (χ4n) is 1.94. The van der Waals surface area contributed by atoms with Crippen LogP contribution in [0.1, 0.15) is 33.1 Å². The lowest BCUT2D eigenvalue weighted by Gasteiger charge is -2.30. The fourth-order valence-corrected chi connectivity index (χ4v) is 1.94. The molecular weight excluding hydrogens is 276 g/mol. The predicted molar refractivity (Wildman–Crippen MR) is 79.4 cm³/mol. The molecule has 0 rings (SSSR count). The molecule has 0 aliphatic rings. The minimum Gasteiger partial charge on any atom is -0.480 e. The maximum absolute atomic E-state index is 12.3. The highest BCUT2D eigenvalue weighted by atomic mass is 16.5. The second-order valence-electron chi connectivity index (χ2n) is 4.97. The topological polar surface area (TPSA) is 88.1 Å². The van der Waals surface area contributed by atoms with Crippen LogP contribution >= 0.6 is 0 Å². The molecular formula is C14H28N2O5. The second kappa shape index (κ2) is 11.3. The van der Waals surface area contributed by atoms with Crippen LogP contribution in [0.2, 0.25) is 0 Å². The molecule has 2 N–H and O–H groups in total. The van der Waals surface area contributed by atoms with Crippen molar-refractivity contribution in [2.75, 3.05) is 34.0 Å². The number of unbranched alkanes of at least 4 members (excludes halogenated alkanes) is 1. The van der Waals surface area contributed by atoms with E-state index in [4.69, 9.17) is 14.6 Å². The zero-order valence-corrected chi connectivity index (χ0v) is 13.4. The van der Waals surface area contributed by atoms with Gasteiger partial charge in [0.05, 0.1) is 19.3 Å². The number of rotatable bonds is 11. The molecule has 0 aromatic heterocycles. The first-order valence-corrected chi connectivity index (χ1v) is 7.25. The number of methoxy groups -OCH3 is 2. The Labute approximate surface area is 126 Å². The third-order valence-corrected chi connectivity index (χ3v) is 3.18. The minimum atomic E-state index is -1.01. The van der Waals surface area contributed by atoms with E-state index < -0.39 is 18.0 Å². The molecule has 0 fully saturated rings. The molecule has 0 aromatic rings. The number of carbonyl (C=O) groups is 2. The molecule has 0 bridgehead atoms. The summed E-state index contributed by atoms with van der Waals surface area (Å²) in [6, 6.07) is -1.43. The van der Waals surface area contributed by atoms with Crippen molar-refractivity contribution in [1.29, 1.82) is 0 Å². The first-order valence-electron chi connectivity index (χ1n) is 7.25. The molecule has 2 atom stereocenters. The van der Waals surface area contributed by atoms with Gasteiger partial charge in [0, 0.05) is 20.8 Å². The highest BCUT2D eigenvalue weighted by Crippen LogP contribution is 2.05. The van der Waals surface area contributed by atoms with Gasteiger partial charge in [0.2, 0.25) is 0 Å². The number of ether oxygens (including phenoxy) is 2. The molecule has 124 valence electrons. The molecule has 1 unspecified atom stereocenters. The number of hydrogen-bond acceptors (Lipinski definition) is 4. The summed E-state index contributed by atoms with van der Waals surface area (Å²) < 4.78 is 10.0. The standard InChI is InChI=1S/C14H28N2O5/c1-5-6-7-12(13(17)18)15-14(19)16(8-9-20-3)11(2)10-21-4/h11-12H,5-10H2,1-4H3,(H,15,19)(H,17,18)/t11?,12-/m0/s1. The van der Waals surface area contributed by atoms with Crippen molar-refractivity contribution in [1.82, 2.24) is 10.2 Å². The third-order valence-electron chi connectivity index (χ3n) is 3.18. The van der Waals surface area contributed by atoms with Crippen molar-refractivity contribution in [3.8, 4) is 0 Å². The first-order chi connectivity index (χ1) is 9.97. The summed E-state index contributed by atoms with van der Waals surface area (Å²) in [7, 11) is 3.11. The van der Waals surface area contributed by atoms with Gasteiger partial charge in [0.1, 0.15) is 6.04 Å². The van der Waals surface area contributed by atoms with Gasteiger partial charge in [0.25, 0.3) is 0 Å². The van der Waals surface area contributed by atoms with E-state index in [1.54, 1.807) is 14.2 Å². The summed E-state index contributed by atoms with van der Waals surface area (Å²) >= 11 is 0. The Morgan fingerprint density at radius 2 is 1.95 bits per heavy atom. The molecule has 0 saturated heterocycles. The SMILES string of the molecule is CCCC[C@H](NC(=O)N(CCOC)C(C)COC)C(=O)O. The lowest BCUT2D eigenvalue weighted by atomic mass is 10.1. The number of carboxylic acid groups (broad SMARTS) is 1. The number of nitrogens with zero attached hydrogens (tertiary/aromatic N) is 1. The number of aliphatic carboxylic acids is 1. The number of hydrogen-bond donors (Lipinski definition) is 2. The van der Waals surface area contributed by atoms with Gasteiger partial charge in [-0.05, 0) is 13.3 Å². The van der Waals surface area contributed by atoms with Gasteiger partial charge in [-0.15, -0.1) is 0 Å². The van der Waals surface area contributed by atoms with Crippen molar-refractivity contribution in [3.05, 3.63) is 0 Å². The van der Waals surface area contributed by atoms with Crippen molar-refractivity contribution in [3.63, 3.8) is 0 Å². The summed E-state index contributed by atoms with van der Waals surface area (Å²) in [5.74, 6) is -1.01. The molecule has 0 radical (unpaired) electrons. The second-order valence-corrected chi connectivity index (χ2v) is 4.97. The van der Waals surface area contributed by atoms with Crippen molar-refractivity contribution < 1.29 is 24.2 Å². The molecule has 0 aliphatic carbocycles. The lowest BCUT2D eigenvalue weighted by Crippen LogP contribution is -2.52. The van der Waals surface area contributed by atoms with E-state index in [2.05, 4.69) is 5.32 Å². The van der Waals surface area contributed by atoms with Crippen molar-refractivity contribution in [2.45, 2.75) is 45.2 Å². The molecule has 7 heteroatoms. The van der Waals surface area contributed by atoms with Crippen LogP contribution in [-0.4, -0.2) is 68.1 Å². The monoisotopic (exact) mass is 304 g/mol. The van der Waals surface area contributed by atoms with Crippen LogP contribution < -0.4 is 5.32 Å². The average molecular weight is 304 g/mol. The zero-order valence-electron chi connectivity index (χ0n) is 13.4. The molecule has 0 aliphatic heterocycles. The molecule has 21 heavy (non-hydrogen) atoms. The number of urea groups is 1. The molecule has 0 aromatic carbocycles. The molecule has 7 nitrogen and oxygen atoms in total. The van der Waals surface area contributed by atoms with Crippen LogP contribution in [0.15, 0.2) is 0 Å². The molecule has 0 saturated carbocycles. The fraction of sp³-hybridized carbons (Fsp3) is 0.857. The van der Waals surface area contributed by atoms with Crippen LogP contribution in [0, 0.1) is 0 Å². The number of carboxylic acids is 1. The van der Waals surface area contributed by atoms with E-state index in [1.807, 2.05) is 13.8 Å². The Kier molecular flexibility index (Phi) is 10.6. The summed E-state index contributed by atoms with van der Waals surface area (Å²) in [6.45, 7) is 4.97. The van der Waals surface area contributed by atoms with Gasteiger partial charge in [-0.1, -0.05) is 19.8 Å². The van der Waals surface area contributed by atoms with Crippen molar-refractivity contribution >= 4 is 12.0 Å². The van der Waals surface area contributed by atoms with Gasteiger partial charge >= 0.3 is 12.0 Å². The summed E-state index contributed by atoms with van der Waals surface area (Å²) in [5, 5.41) is 11.7. The third kappa shape index (κ3) is 7.87.